The van der Waals surface area contributed by atoms with Crippen LogP contribution >= 0.6 is 23.1 Å². The molecule has 0 saturated carbocycles. The van der Waals surface area contributed by atoms with Gasteiger partial charge in [-0.15, -0.1) is 23.1 Å². The highest BCUT2D eigenvalue weighted by atomic mass is 32.2. The number of hydrogen-bond donors (Lipinski definition) is 2. The molecule has 2 aliphatic heterocycles. The van der Waals surface area contributed by atoms with Crippen molar-refractivity contribution < 1.29 is 24.0 Å². The minimum Gasteiger partial charge on any atom is -0.448 e. The molecular formula is C33H27N5O6S2. The van der Waals surface area contributed by atoms with E-state index in [1.165, 1.54) is 58.5 Å². The van der Waals surface area contributed by atoms with Crippen LogP contribution in [0.5, 0.6) is 0 Å². The molecule has 0 aliphatic carbocycles. The molecular weight excluding hydrogens is 627 g/mol. The third-order valence-corrected chi connectivity index (χ3v) is 9.52. The highest BCUT2D eigenvalue weighted by Gasteiger charge is 2.54. The van der Waals surface area contributed by atoms with Crippen molar-refractivity contribution in [3.05, 3.63) is 140 Å². The Morgan fingerprint density at radius 2 is 1.67 bits per heavy atom. The number of hydrazone groups is 1. The standard InChI is InChI=1S/C33H27N5O6S2/c39-27(18-26-12-7-17-45-26)35-28-31(40)37-29(33(41)44-30(21-8-3-1-4-9-21)22-10-5-2-6-11-22)23(20-46-32(28)37)19-34-36-24-13-15-25(16-14-24)38(42)43/h1-17,19,28,30,32,36H,18,20H2,(H,35,39)/b34-19+/t28-,32-/m1/s1. The van der Waals surface area contributed by atoms with Crippen molar-refractivity contribution in [3.8, 4) is 0 Å². The molecule has 0 bridgehead atoms. The van der Waals surface area contributed by atoms with Gasteiger partial charge in [0.15, 0.2) is 6.10 Å². The lowest BCUT2D eigenvalue weighted by atomic mass is 10.0. The molecule has 2 N–H and O–H groups in total. The van der Waals surface area contributed by atoms with E-state index in [4.69, 9.17) is 4.74 Å². The quantitative estimate of drug-likeness (QED) is 0.0732. The number of nitro groups is 1. The fraction of sp³-hybridized carbons (Fsp3) is 0.152. The van der Waals surface area contributed by atoms with E-state index in [1.54, 1.807) is 0 Å². The summed E-state index contributed by atoms with van der Waals surface area (Å²) >= 11 is 2.86. The largest absolute Gasteiger partial charge is 0.448 e. The van der Waals surface area contributed by atoms with Crippen LogP contribution in [0.4, 0.5) is 11.4 Å². The zero-order valence-electron chi connectivity index (χ0n) is 24.1. The van der Waals surface area contributed by atoms with Crippen molar-refractivity contribution >= 4 is 58.5 Å². The monoisotopic (exact) mass is 653 g/mol. The summed E-state index contributed by atoms with van der Waals surface area (Å²) in [5, 5.41) is 19.5. The molecule has 4 aromatic rings. The fourth-order valence-corrected chi connectivity index (χ4v) is 7.12. The summed E-state index contributed by atoms with van der Waals surface area (Å²) in [5.41, 5.74) is 5.25. The van der Waals surface area contributed by atoms with E-state index in [2.05, 4.69) is 15.8 Å². The predicted molar refractivity (Wildman–Crippen MR) is 176 cm³/mol. The van der Waals surface area contributed by atoms with Crippen molar-refractivity contribution in [1.29, 1.82) is 0 Å². The molecule has 1 aromatic heterocycles. The van der Waals surface area contributed by atoms with Gasteiger partial charge in [0.05, 0.1) is 23.2 Å². The lowest BCUT2D eigenvalue weighted by Crippen LogP contribution is -2.70. The maximum absolute atomic E-state index is 14.1. The first kappa shape index (κ1) is 30.7. The Hall–Kier alpha value is -5.27. The number of carbonyl (C=O) groups is 3. The highest BCUT2D eigenvalue weighted by molar-refractivity contribution is 8.00. The van der Waals surface area contributed by atoms with Gasteiger partial charge in [0.1, 0.15) is 17.1 Å². The molecule has 1 fully saturated rings. The zero-order valence-corrected chi connectivity index (χ0v) is 25.8. The van der Waals surface area contributed by atoms with Crippen LogP contribution in [-0.4, -0.2) is 51.0 Å². The second-order valence-electron chi connectivity index (χ2n) is 10.4. The van der Waals surface area contributed by atoms with Crippen molar-refractivity contribution in [1.82, 2.24) is 10.2 Å². The van der Waals surface area contributed by atoms with Crippen molar-refractivity contribution in [2.45, 2.75) is 23.9 Å². The van der Waals surface area contributed by atoms with Gasteiger partial charge >= 0.3 is 5.97 Å². The minimum atomic E-state index is -0.795. The van der Waals surface area contributed by atoms with Gasteiger partial charge in [-0.1, -0.05) is 66.7 Å². The van der Waals surface area contributed by atoms with Crippen molar-refractivity contribution in [3.63, 3.8) is 0 Å². The van der Waals surface area contributed by atoms with Crippen LogP contribution < -0.4 is 10.7 Å². The minimum absolute atomic E-state index is 0.0450. The second kappa shape index (κ2) is 13.8. The number of nitro benzene ring substituents is 1. The summed E-state index contributed by atoms with van der Waals surface area (Å²) in [6.45, 7) is 0. The van der Waals surface area contributed by atoms with Crippen LogP contribution in [0.3, 0.4) is 0 Å². The first-order valence-corrected chi connectivity index (χ1v) is 16.2. The summed E-state index contributed by atoms with van der Waals surface area (Å²) in [5.74, 6) is -1.10. The Bertz CT molecular complexity index is 1760. The molecule has 232 valence electrons. The second-order valence-corrected chi connectivity index (χ2v) is 12.5. The summed E-state index contributed by atoms with van der Waals surface area (Å²) in [4.78, 5) is 53.1. The first-order chi connectivity index (χ1) is 22.4. The molecule has 11 nitrogen and oxygen atoms in total. The molecule has 1 saturated heterocycles. The lowest BCUT2D eigenvalue weighted by molar-refractivity contribution is -0.384. The zero-order chi connectivity index (χ0) is 32.0. The molecule has 3 aromatic carbocycles. The topological polar surface area (TPSA) is 143 Å². The number of thioether (sulfide) groups is 1. The maximum Gasteiger partial charge on any atom is 0.356 e. The van der Waals surface area contributed by atoms with E-state index in [9.17, 15) is 24.5 Å². The van der Waals surface area contributed by atoms with Gasteiger partial charge in [0, 0.05) is 28.3 Å². The van der Waals surface area contributed by atoms with Crippen molar-refractivity contribution in [2.24, 2.45) is 5.10 Å². The first-order valence-electron chi connectivity index (χ1n) is 14.2. The predicted octanol–water partition coefficient (Wildman–Crippen LogP) is 5.28. The Labute approximate surface area is 272 Å². The van der Waals surface area contributed by atoms with Crippen LogP contribution in [0.15, 0.2) is 119 Å². The highest BCUT2D eigenvalue weighted by Crippen LogP contribution is 2.41. The van der Waals surface area contributed by atoms with Gasteiger partial charge in [-0.3, -0.25) is 30.0 Å². The molecule has 0 radical (unpaired) electrons. The van der Waals surface area contributed by atoms with Crippen LogP contribution in [-0.2, 0) is 25.5 Å². The number of β-lactam (4-membered cyclic amide) rings is 1. The van der Waals surface area contributed by atoms with Gasteiger partial charge in [0.2, 0.25) is 5.91 Å². The van der Waals surface area contributed by atoms with E-state index in [-0.39, 0.29) is 23.7 Å². The molecule has 13 heteroatoms. The smallest absolute Gasteiger partial charge is 0.356 e. The molecule has 46 heavy (non-hydrogen) atoms. The molecule has 3 heterocycles. The average molecular weight is 654 g/mol. The number of thiophene rings is 1. The number of non-ortho nitro benzene ring substituents is 1. The lowest BCUT2D eigenvalue weighted by Gasteiger charge is -2.49. The van der Waals surface area contributed by atoms with Crippen LogP contribution in [0.1, 0.15) is 22.1 Å². The Balaban J connectivity index is 1.27. The summed E-state index contributed by atoms with van der Waals surface area (Å²) in [7, 11) is 0. The van der Waals surface area contributed by atoms with E-state index < -0.39 is 34.3 Å². The van der Waals surface area contributed by atoms with E-state index >= 15 is 0 Å². The van der Waals surface area contributed by atoms with Gasteiger partial charge in [0.25, 0.3) is 11.6 Å². The van der Waals surface area contributed by atoms with Gasteiger partial charge in [-0.2, -0.15) is 5.10 Å². The SMILES string of the molecule is O=C(Cc1cccs1)N[C@@H]1C(=O)N2C(C(=O)OC(c3ccccc3)c3ccccc3)=C(/C=N/Nc3ccc([N+](=O)[O-])cc3)CS[C@H]12. The van der Waals surface area contributed by atoms with Crippen LogP contribution in [0.2, 0.25) is 0 Å². The summed E-state index contributed by atoms with van der Waals surface area (Å²) in [6.07, 6.45) is 0.854. The fourth-order valence-electron chi connectivity index (χ4n) is 5.12. The van der Waals surface area contributed by atoms with Crippen molar-refractivity contribution in [2.75, 3.05) is 11.2 Å². The number of carbonyl (C=O) groups excluding carboxylic acids is 3. The Kier molecular flexibility index (Phi) is 9.22. The number of amides is 2. The Morgan fingerprint density at radius 1 is 1.00 bits per heavy atom. The number of nitrogens with one attached hydrogen (secondary N) is 2. The number of hydrogen-bond acceptors (Lipinski definition) is 10. The number of anilines is 1. The van der Waals surface area contributed by atoms with E-state index in [1.807, 2.05) is 78.2 Å². The molecule has 0 spiro atoms. The molecule has 2 aliphatic rings. The number of benzene rings is 3. The average Bonchev–Trinajstić information content (AvgIpc) is 3.59. The van der Waals surface area contributed by atoms with Crippen LogP contribution in [0.25, 0.3) is 0 Å². The molecule has 0 unspecified atom stereocenters. The summed E-state index contributed by atoms with van der Waals surface area (Å²) in [6, 6.07) is 27.3. The van der Waals surface area contributed by atoms with E-state index in [0.29, 0.717) is 17.0 Å². The number of nitrogens with zero attached hydrogens (tertiary/aromatic N) is 3. The van der Waals surface area contributed by atoms with Gasteiger partial charge in [-0.25, -0.2) is 4.79 Å². The number of esters is 1. The molecule has 2 amide bonds. The Morgan fingerprint density at radius 3 is 2.28 bits per heavy atom. The number of fused-ring (bicyclic) bond motifs is 1. The molecule has 6 rings (SSSR count). The number of ether oxygens (including phenoxy) is 1. The maximum atomic E-state index is 14.1. The third-order valence-electron chi connectivity index (χ3n) is 7.34. The third kappa shape index (κ3) is 6.70. The van der Waals surface area contributed by atoms with E-state index in [0.717, 1.165) is 16.0 Å². The van der Waals surface area contributed by atoms with Gasteiger partial charge in [-0.05, 0) is 34.7 Å². The molecule has 2 atom stereocenters. The van der Waals surface area contributed by atoms with Gasteiger partial charge < -0.3 is 10.1 Å². The number of rotatable bonds is 11. The summed E-state index contributed by atoms with van der Waals surface area (Å²) < 4.78 is 6.15. The normalized spacial score (nSPS) is 17.4. The van der Waals surface area contributed by atoms with Crippen LogP contribution in [0, 0.1) is 10.1 Å².